The molecule has 3 atom stereocenters. The SMILES string of the molecule is CCc1ccc(Cc2cc(C3CC(O)CC(COC(C)=O)C3)ccc2Cl)cc1. The van der Waals surface area contributed by atoms with Crippen LogP contribution < -0.4 is 0 Å². The van der Waals surface area contributed by atoms with Gasteiger partial charge >= 0.3 is 5.97 Å². The van der Waals surface area contributed by atoms with Crippen molar-refractivity contribution < 1.29 is 14.6 Å². The van der Waals surface area contributed by atoms with E-state index < -0.39 is 0 Å². The minimum Gasteiger partial charge on any atom is -0.466 e. The zero-order chi connectivity index (χ0) is 20.1. The van der Waals surface area contributed by atoms with Crippen molar-refractivity contribution in [2.24, 2.45) is 5.92 Å². The van der Waals surface area contributed by atoms with Crippen LogP contribution in [-0.4, -0.2) is 23.8 Å². The van der Waals surface area contributed by atoms with Crippen molar-refractivity contribution in [3.63, 3.8) is 0 Å². The predicted molar refractivity (Wildman–Crippen MR) is 113 cm³/mol. The van der Waals surface area contributed by atoms with E-state index in [1.54, 1.807) is 0 Å². The van der Waals surface area contributed by atoms with Gasteiger partial charge < -0.3 is 9.84 Å². The molecule has 4 heteroatoms. The quantitative estimate of drug-likeness (QED) is 0.669. The van der Waals surface area contributed by atoms with Gasteiger partial charge in [-0.2, -0.15) is 0 Å². The van der Waals surface area contributed by atoms with Crippen LogP contribution in [0.5, 0.6) is 0 Å². The number of ether oxygens (including phenoxy) is 1. The van der Waals surface area contributed by atoms with Gasteiger partial charge in [-0.05, 0) is 72.3 Å². The van der Waals surface area contributed by atoms with Gasteiger partial charge in [0.25, 0.3) is 0 Å². The number of hydrogen-bond acceptors (Lipinski definition) is 3. The molecule has 0 saturated heterocycles. The minimum absolute atomic E-state index is 0.193. The molecule has 150 valence electrons. The first-order chi connectivity index (χ1) is 13.4. The number of halogens is 1. The minimum atomic E-state index is -0.361. The third kappa shape index (κ3) is 5.59. The van der Waals surface area contributed by atoms with Crippen molar-refractivity contribution >= 4 is 17.6 Å². The third-order valence-electron chi connectivity index (χ3n) is 5.67. The van der Waals surface area contributed by atoms with E-state index in [9.17, 15) is 9.90 Å². The van der Waals surface area contributed by atoms with E-state index >= 15 is 0 Å². The molecule has 2 aromatic rings. The van der Waals surface area contributed by atoms with E-state index in [0.29, 0.717) is 13.0 Å². The van der Waals surface area contributed by atoms with E-state index in [2.05, 4.69) is 43.3 Å². The molecule has 3 rings (SSSR count). The van der Waals surface area contributed by atoms with Crippen LogP contribution in [0.15, 0.2) is 42.5 Å². The lowest BCUT2D eigenvalue weighted by atomic mass is 9.76. The Bertz CT molecular complexity index is 800. The average molecular weight is 401 g/mol. The summed E-state index contributed by atoms with van der Waals surface area (Å²) in [6.07, 6.45) is 3.81. The number of benzene rings is 2. The number of carbonyl (C=O) groups is 1. The van der Waals surface area contributed by atoms with Crippen LogP contribution in [0.25, 0.3) is 0 Å². The first-order valence-electron chi connectivity index (χ1n) is 10.1. The largest absolute Gasteiger partial charge is 0.466 e. The molecule has 0 bridgehead atoms. The number of aliphatic hydroxyl groups is 1. The summed E-state index contributed by atoms with van der Waals surface area (Å²) in [7, 11) is 0. The van der Waals surface area contributed by atoms with Crippen LogP contribution in [0.1, 0.15) is 61.3 Å². The molecule has 3 nitrogen and oxygen atoms in total. The maximum atomic E-state index is 11.1. The fraction of sp³-hybridized carbons (Fsp3) is 0.458. The molecule has 0 heterocycles. The van der Waals surface area contributed by atoms with Crippen LogP contribution in [0.4, 0.5) is 0 Å². The second kappa shape index (κ2) is 9.58. The van der Waals surface area contributed by atoms with Crippen LogP contribution in [0.2, 0.25) is 5.02 Å². The maximum Gasteiger partial charge on any atom is 0.302 e. The van der Waals surface area contributed by atoms with E-state index in [-0.39, 0.29) is 23.9 Å². The van der Waals surface area contributed by atoms with Gasteiger partial charge in [-0.3, -0.25) is 4.79 Å². The monoisotopic (exact) mass is 400 g/mol. The summed E-state index contributed by atoms with van der Waals surface area (Å²) >= 11 is 6.48. The molecule has 0 aliphatic heterocycles. The number of esters is 1. The summed E-state index contributed by atoms with van der Waals surface area (Å²) in [5, 5.41) is 11.1. The molecule has 28 heavy (non-hydrogen) atoms. The van der Waals surface area contributed by atoms with E-state index in [4.69, 9.17) is 16.3 Å². The topological polar surface area (TPSA) is 46.5 Å². The molecule has 1 saturated carbocycles. The molecule has 0 aromatic heterocycles. The van der Waals surface area contributed by atoms with Crippen molar-refractivity contribution in [3.05, 3.63) is 69.7 Å². The molecular formula is C24H29ClO3. The van der Waals surface area contributed by atoms with Crippen molar-refractivity contribution in [1.82, 2.24) is 0 Å². The third-order valence-corrected chi connectivity index (χ3v) is 6.04. The smallest absolute Gasteiger partial charge is 0.302 e. The second-order valence-electron chi connectivity index (χ2n) is 7.92. The van der Waals surface area contributed by atoms with Crippen molar-refractivity contribution in [2.45, 2.75) is 58.0 Å². The zero-order valence-corrected chi connectivity index (χ0v) is 17.4. The number of aryl methyl sites for hydroxylation is 1. The molecule has 0 radical (unpaired) electrons. The van der Waals surface area contributed by atoms with E-state index in [1.165, 1.54) is 23.6 Å². The van der Waals surface area contributed by atoms with Gasteiger partial charge in [0.15, 0.2) is 0 Å². The van der Waals surface area contributed by atoms with Gasteiger partial charge in [-0.15, -0.1) is 0 Å². The van der Waals surface area contributed by atoms with Crippen molar-refractivity contribution in [3.8, 4) is 0 Å². The fourth-order valence-electron chi connectivity index (χ4n) is 4.14. The first-order valence-corrected chi connectivity index (χ1v) is 10.5. The highest BCUT2D eigenvalue weighted by Crippen LogP contribution is 2.38. The highest BCUT2D eigenvalue weighted by atomic mass is 35.5. The Morgan fingerprint density at radius 1 is 1.11 bits per heavy atom. The van der Waals surface area contributed by atoms with Crippen molar-refractivity contribution in [2.75, 3.05) is 6.61 Å². The maximum absolute atomic E-state index is 11.1. The molecule has 3 unspecified atom stereocenters. The lowest BCUT2D eigenvalue weighted by molar-refractivity contribution is -0.143. The summed E-state index contributed by atoms with van der Waals surface area (Å²) in [6.45, 7) is 3.96. The molecule has 1 N–H and O–H groups in total. The fourth-order valence-corrected chi connectivity index (χ4v) is 4.33. The molecule has 1 aliphatic rings. The van der Waals surface area contributed by atoms with Gasteiger partial charge in [0.2, 0.25) is 0 Å². The highest BCUT2D eigenvalue weighted by molar-refractivity contribution is 6.31. The Morgan fingerprint density at radius 2 is 1.82 bits per heavy atom. The average Bonchev–Trinajstić information content (AvgIpc) is 2.68. The van der Waals surface area contributed by atoms with Crippen LogP contribution in [-0.2, 0) is 22.4 Å². The standard InChI is InChI=1S/C24H29ClO3/c1-3-17-4-6-18(7-5-17)10-22-13-20(8-9-24(22)25)21-11-19(12-23(27)14-21)15-28-16(2)26/h4-9,13,19,21,23,27H,3,10-12,14-15H2,1-2H3. The highest BCUT2D eigenvalue weighted by Gasteiger charge is 2.29. The summed E-state index contributed by atoms with van der Waals surface area (Å²) < 4.78 is 5.18. The lowest BCUT2D eigenvalue weighted by Crippen LogP contribution is -2.28. The van der Waals surface area contributed by atoms with Crippen LogP contribution in [0, 0.1) is 5.92 Å². The number of carbonyl (C=O) groups excluding carboxylic acids is 1. The first kappa shape index (κ1) is 20.9. The second-order valence-corrected chi connectivity index (χ2v) is 8.33. The zero-order valence-electron chi connectivity index (χ0n) is 16.7. The molecular weight excluding hydrogens is 372 g/mol. The Labute approximate surface area is 172 Å². The Morgan fingerprint density at radius 3 is 2.50 bits per heavy atom. The normalized spacial score (nSPS) is 22.1. The van der Waals surface area contributed by atoms with Crippen LogP contribution >= 0.6 is 11.6 Å². The molecule has 2 aromatic carbocycles. The lowest BCUT2D eigenvalue weighted by Gasteiger charge is -2.32. The Balaban J connectivity index is 1.74. The van der Waals surface area contributed by atoms with E-state index in [1.807, 2.05) is 6.07 Å². The number of rotatable bonds is 6. The summed E-state index contributed by atoms with van der Waals surface area (Å²) in [4.78, 5) is 11.1. The summed E-state index contributed by atoms with van der Waals surface area (Å²) in [6, 6.07) is 14.9. The van der Waals surface area contributed by atoms with E-state index in [0.717, 1.165) is 36.3 Å². The predicted octanol–water partition coefficient (Wildman–Crippen LogP) is 5.30. The molecule has 0 spiro atoms. The van der Waals surface area contributed by atoms with Gasteiger partial charge in [-0.25, -0.2) is 0 Å². The van der Waals surface area contributed by atoms with Gasteiger partial charge in [0, 0.05) is 11.9 Å². The summed E-state index contributed by atoms with van der Waals surface area (Å²) in [5.41, 5.74) is 4.89. The molecule has 1 fully saturated rings. The summed E-state index contributed by atoms with van der Waals surface area (Å²) in [5.74, 6) is 0.181. The number of aliphatic hydroxyl groups excluding tert-OH is 1. The Hall–Kier alpha value is -1.84. The molecule has 0 amide bonds. The number of hydrogen-bond donors (Lipinski definition) is 1. The van der Waals surface area contributed by atoms with Gasteiger partial charge in [0.1, 0.15) is 0 Å². The van der Waals surface area contributed by atoms with Gasteiger partial charge in [0.05, 0.1) is 12.7 Å². The molecule has 1 aliphatic carbocycles. The van der Waals surface area contributed by atoms with Crippen molar-refractivity contribution in [1.29, 1.82) is 0 Å². The van der Waals surface area contributed by atoms with Gasteiger partial charge in [-0.1, -0.05) is 54.9 Å². The van der Waals surface area contributed by atoms with Crippen LogP contribution in [0.3, 0.4) is 0 Å². The Kier molecular flexibility index (Phi) is 7.14.